The predicted molar refractivity (Wildman–Crippen MR) is 89.1 cm³/mol. The van der Waals surface area contributed by atoms with Crippen LogP contribution in [-0.2, 0) is 4.79 Å². The van der Waals surface area contributed by atoms with Gasteiger partial charge in [-0.25, -0.2) is 0 Å². The van der Waals surface area contributed by atoms with Gasteiger partial charge in [0.05, 0.1) is 0 Å². The molecule has 0 radical (unpaired) electrons. The van der Waals surface area contributed by atoms with Crippen molar-refractivity contribution >= 4 is 22.4 Å². The summed E-state index contributed by atoms with van der Waals surface area (Å²) < 4.78 is 5.62. The second-order valence-electron chi connectivity index (χ2n) is 5.12. The molecule has 0 heterocycles. The smallest absolute Gasteiger partial charge is 0.265 e. The van der Waals surface area contributed by atoms with E-state index in [0.717, 1.165) is 16.5 Å². The van der Waals surface area contributed by atoms with Crippen LogP contribution in [0.5, 0.6) is 5.75 Å². The summed E-state index contributed by atoms with van der Waals surface area (Å²) in [4.78, 5) is 12.2. The number of hydrogen-bond acceptors (Lipinski definition) is 2. The Labute approximate surface area is 129 Å². The van der Waals surface area contributed by atoms with Crippen LogP contribution in [0.3, 0.4) is 0 Å². The van der Waals surface area contributed by atoms with Crippen molar-refractivity contribution in [2.24, 2.45) is 0 Å². The van der Waals surface area contributed by atoms with Crippen LogP contribution >= 0.6 is 0 Å². The van der Waals surface area contributed by atoms with E-state index < -0.39 is 6.10 Å². The van der Waals surface area contributed by atoms with Gasteiger partial charge in [-0.3, -0.25) is 4.79 Å². The standard InChI is InChI=1S/C19H17NO2/c1-14(22-18-9-3-2-4-10-18)19(21)20-17-12-11-15-7-5-6-8-16(15)13-17/h2-14H,1H3,(H,20,21). The second kappa shape index (κ2) is 6.31. The first-order chi connectivity index (χ1) is 10.7. The Balaban J connectivity index is 1.69. The summed E-state index contributed by atoms with van der Waals surface area (Å²) in [5, 5.41) is 5.13. The maximum absolute atomic E-state index is 12.2. The van der Waals surface area contributed by atoms with Gasteiger partial charge < -0.3 is 10.1 Å². The minimum absolute atomic E-state index is 0.167. The van der Waals surface area contributed by atoms with Gasteiger partial charge >= 0.3 is 0 Å². The fourth-order valence-electron chi connectivity index (χ4n) is 2.27. The van der Waals surface area contributed by atoms with E-state index in [-0.39, 0.29) is 5.91 Å². The maximum atomic E-state index is 12.2. The summed E-state index contributed by atoms with van der Waals surface area (Å²) in [5.41, 5.74) is 0.771. The van der Waals surface area contributed by atoms with E-state index >= 15 is 0 Å². The van der Waals surface area contributed by atoms with Gasteiger partial charge in [-0.2, -0.15) is 0 Å². The summed E-state index contributed by atoms with van der Waals surface area (Å²) in [6.07, 6.45) is -0.561. The fraction of sp³-hybridized carbons (Fsp3) is 0.105. The van der Waals surface area contributed by atoms with Crippen molar-refractivity contribution in [2.45, 2.75) is 13.0 Å². The Morgan fingerprint density at radius 2 is 1.59 bits per heavy atom. The molecule has 3 rings (SSSR count). The van der Waals surface area contributed by atoms with E-state index in [1.165, 1.54) is 0 Å². The zero-order chi connectivity index (χ0) is 15.4. The van der Waals surface area contributed by atoms with Gasteiger partial charge in [0, 0.05) is 5.69 Å². The molecule has 1 atom stereocenters. The predicted octanol–water partition coefficient (Wildman–Crippen LogP) is 4.25. The average molecular weight is 291 g/mol. The number of fused-ring (bicyclic) bond motifs is 1. The topological polar surface area (TPSA) is 38.3 Å². The third-order valence-electron chi connectivity index (χ3n) is 3.44. The molecule has 1 unspecified atom stereocenters. The van der Waals surface area contributed by atoms with Crippen molar-refractivity contribution in [1.29, 1.82) is 0 Å². The monoisotopic (exact) mass is 291 g/mol. The zero-order valence-electron chi connectivity index (χ0n) is 12.3. The SMILES string of the molecule is CC(Oc1ccccc1)C(=O)Nc1ccc2ccccc2c1. The number of benzene rings is 3. The molecule has 0 spiro atoms. The number of hydrogen-bond donors (Lipinski definition) is 1. The molecule has 1 amide bonds. The van der Waals surface area contributed by atoms with E-state index in [0.29, 0.717) is 5.75 Å². The molecule has 0 aliphatic carbocycles. The van der Waals surface area contributed by atoms with Crippen molar-refractivity contribution in [3.05, 3.63) is 72.8 Å². The quantitative estimate of drug-likeness (QED) is 0.780. The van der Waals surface area contributed by atoms with Gasteiger partial charge in [-0.1, -0.05) is 48.5 Å². The molecule has 3 aromatic carbocycles. The highest BCUT2D eigenvalue weighted by Gasteiger charge is 2.14. The fourth-order valence-corrected chi connectivity index (χ4v) is 2.27. The molecular weight excluding hydrogens is 274 g/mol. The van der Waals surface area contributed by atoms with Crippen LogP contribution in [0.15, 0.2) is 72.8 Å². The van der Waals surface area contributed by atoms with Crippen LogP contribution in [0.2, 0.25) is 0 Å². The van der Waals surface area contributed by atoms with Crippen molar-refractivity contribution < 1.29 is 9.53 Å². The molecule has 0 aliphatic heterocycles. The number of carbonyl (C=O) groups excluding carboxylic acids is 1. The summed E-state index contributed by atoms with van der Waals surface area (Å²) in [6, 6.07) is 23.2. The lowest BCUT2D eigenvalue weighted by molar-refractivity contribution is -0.122. The minimum atomic E-state index is -0.561. The van der Waals surface area contributed by atoms with Crippen LogP contribution in [0.1, 0.15) is 6.92 Å². The number of amides is 1. The molecule has 110 valence electrons. The van der Waals surface area contributed by atoms with E-state index in [2.05, 4.69) is 5.32 Å². The first kappa shape index (κ1) is 14.1. The molecule has 0 bridgehead atoms. The van der Waals surface area contributed by atoms with Crippen LogP contribution < -0.4 is 10.1 Å². The molecular formula is C19H17NO2. The van der Waals surface area contributed by atoms with Gasteiger partial charge in [-0.05, 0) is 42.0 Å². The molecule has 22 heavy (non-hydrogen) atoms. The summed E-state index contributed by atoms with van der Waals surface area (Å²) in [6.45, 7) is 1.74. The van der Waals surface area contributed by atoms with E-state index in [4.69, 9.17) is 4.74 Å². The van der Waals surface area contributed by atoms with Crippen molar-refractivity contribution in [3.63, 3.8) is 0 Å². The van der Waals surface area contributed by atoms with Gasteiger partial charge in [0.15, 0.2) is 6.10 Å². The number of rotatable bonds is 4. The lowest BCUT2D eigenvalue weighted by Crippen LogP contribution is -2.30. The van der Waals surface area contributed by atoms with Crippen molar-refractivity contribution in [2.75, 3.05) is 5.32 Å². The lowest BCUT2D eigenvalue weighted by atomic mass is 10.1. The van der Waals surface area contributed by atoms with Gasteiger partial charge in [-0.15, -0.1) is 0 Å². The zero-order valence-corrected chi connectivity index (χ0v) is 12.3. The number of para-hydroxylation sites is 1. The molecule has 0 saturated heterocycles. The van der Waals surface area contributed by atoms with Gasteiger partial charge in [0.2, 0.25) is 0 Å². The van der Waals surface area contributed by atoms with E-state index in [9.17, 15) is 4.79 Å². The van der Waals surface area contributed by atoms with Crippen molar-refractivity contribution in [3.8, 4) is 5.75 Å². The molecule has 0 saturated carbocycles. The lowest BCUT2D eigenvalue weighted by Gasteiger charge is -2.15. The number of anilines is 1. The van der Waals surface area contributed by atoms with Crippen LogP contribution in [-0.4, -0.2) is 12.0 Å². The molecule has 1 N–H and O–H groups in total. The van der Waals surface area contributed by atoms with Crippen molar-refractivity contribution in [1.82, 2.24) is 0 Å². The Morgan fingerprint density at radius 1 is 0.909 bits per heavy atom. The number of carbonyl (C=O) groups is 1. The van der Waals surface area contributed by atoms with E-state index in [1.807, 2.05) is 72.8 Å². The Kier molecular flexibility index (Phi) is 4.05. The molecule has 0 fully saturated rings. The first-order valence-electron chi connectivity index (χ1n) is 7.24. The van der Waals surface area contributed by atoms with Crippen LogP contribution in [0.25, 0.3) is 10.8 Å². The summed E-state index contributed by atoms with van der Waals surface area (Å²) in [5.74, 6) is 0.516. The van der Waals surface area contributed by atoms with Gasteiger partial charge in [0.25, 0.3) is 5.91 Å². The highest BCUT2D eigenvalue weighted by molar-refractivity contribution is 5.96. The molecule has 3 heteroatoms. The first-order valence-corrected chi connectivity index (χ1v) is 7.24. The highest BCUT2D eigenvalue weighted by atomic mass is 16.5. The molecule has 0 aliphatic rings. The third kappa shape index (κ3) is 3.26. The third-order valence-corrected chi connectivity index (χ3v) is 3.44. The van der Waals surface area contributed by atoms with Crippen LogP contribution in [0, 0.1) is 0 Å². The molecule has 3 aromatic rings. The largest absolute Gasteiger partial charge is 0.481 e. The van der Waals surface area contributed by atoms with E-state index in [1.54, 1.807) is 6.92 Å². The summed E-state index contributed by atoms with van der Waals surface area (Å²) >= 11 is 0. The Bertz CT molecular complexity index is 784. The number of nitrogens with one attached hydrogen (secondary N) is 1. The average Bonchev–Trinajstić information content (AvgIpc) is 2.55. The maximum Gasteiger partial charge on any atom is 0.265 e. The molecule has 0 aromatic heterocycles. The Morgan fingerprint density at radius 3 is 2.36 bits per heavy atom. The Hall–Kier alpha value is -2.81. The normalized spacial score (nSPS) is 11.9. The minimum Gasteiger partial charge on any atom is -0.481 e. The van der Waals surface area contributed by atoms with Gasteiger partial charge in [0.1, 0.15) is 5.75 Å². The highest BCUT2D eigenvalue weighted by Crippen LogP contribution is 2.19. The van der Waals surface area contributed by atoms with Crippen LogP contribution in [0.4, 0.5) is 5.69 Å². The number of ether oxygens (including phenoxy) is 1. The molecule has 3 nitrogen and oxygen atoms in total. The summed E-state index contributed by atoms with van der Waals surface area (Å²) in [7, 11) is 0. The second-order valence-corrected chi connectivity index (χ2v) is 5.12.